The van der Waals surface area contributed by atoms with Gasteiger partial charge in [-0.2, -0.15) is 0 Å². The number of hydrogen-bond acceptors (Lipinski definition) is 12. The van der Waals surface area contributed by atoms with Crippen molar-refractivity contribution in [3.05, 3.63) is 65.2 Å². The average molecular weight is 908 g/mol. The van der Waals surface area contributed by atoms with E-state index in [0.717, 1.165) is 74.0 Å². The highest BCUT2D eigenvalue weighted by atomic mass is 16.6. The van der Waals surface area contributed by atoms with Crippen LogP contribution in [0.25, 0.3) is 0 Å². The van der Waals surface area contributed by atoms with Crippen molar-refractivity contribution in [1.29, 1.82) is 0 Å². The number of nitrogens with zero attached hydrogens (tertiary/aromatic N) is 2. The molecule has 0 aromatic heterocycles. The molecule has 0 radical (unpaired) electrons. The molecule has 3 amide bonds. The van der Waals surface area contributed by atoms with Crippen LogP contribution < -0.4 is 10.2 Å². The summed E-state index contributed by atoms with van der Waals surface area (Å²) in [5, 5.41) is 3.06. The summed E-state index contributed by atoms with van der Waals surface area (Å²) in [6, 6.07) is 15.6. The highest BCUT2D eigenvalue weighted by Gasteiger charge is 2.40. The first kappa shape index (κ1) is 52.0. The smallest absolute Gasteiger partial charge is 0.229 e. The van der Waals surface area contributed by atoms with Gasteiger partial charge in [-0.1, -0.05) is 42.2 Å². The summed E-state index contributed by atoms with van der Waals surface area (Å²) in [7, 11) is 0. The Bertz CT molecular complexity index is 1730. The lowest BCUT2D eigenvalue weighted by atomic mass is 9.65. The predicted octanol–water partition coefficient (Wildman–Crippen LogP) is 4.80. The van der Waals surface area contributed by atoms with Crippen molar-refractivity contribution < 1.29 is 57.0 Å². The molecule has 2 aromatic carbocycles. The normalized spacial score (nSPS) is 15.7. The quantitative estimate of drug-likeness (QED) is 0.0794. The van der Waals surface area contributed by atoms with E-state index >= 15 is 0 Å². The van der Waals surface area contributed by atoms with Gasteiger partial charge in [0.25, 0.3) is 0 Å². The monoisotopic (exact) mass is 908 g/mol. The van der Waals surface area contributed by atoms with Crippen molar-refractivity contribution in [2.75, 3.05) is 143 Å². The zero-order valence-electron chi connectivity index (χ0n) is 38.7. The van der Waals surface area contributed by atoms with Gasteiger partial charge in [0.2, 0.25) is 17.7 Å². The molecule has 15 nitrogen and oxygen atoms in total. The number of likely N-dealkylation sites (tertiary alicyclic amines) is 1. The van der Waals surface area contributed by atoms with E-state index in [1.165, 1.54) is 0 Å². The number of carbonyl (C=O) groups excluding carboxylic acids is 3. The van der Waals surface area contributed by atoms with E-state index in [1.54, 1.807) is 4.90 Å². The Labute approximate surface area is 386 Å². The molecule has 0 bridgehead atoms. The molecule has 1 spiro atoms. The summed E-state index contributed by atoms with van der Waals surface area (Å²) in [5.74, 6) is 6.56. The van der Waals surface area contributed by atoms with Crippen LogP contribution >= 0.6 is 0 Å². The van der Waals surface area contributed by atoms with Crippen LogP contribution in [0, 0.1) is 23.2 Å². The number of anilines is 1. The van der Waals surface area contributed by atoms with E-state index in [9.17, 15) is 14.4 Å². The van der Waals surface area contributed by atoms with Crippen molar-refractivity contribution in [1.82, 2.24) is 10.2 Å². The third-order valence-corrected chi connectivity index (χ3v) is 12.0. The number of amides is 3. The van der Waals surface area contributed by atoms with Gasteiger partial charge in [-0.3, -0.25) is 14.4 Å². The lowest BCUT2D eigenvalue weighted by Gasteiger charge is -2.45. The molecule has 2 aromatic rings. The highest BCUT2D eigenvalue weighted by Crippen LogP contribution is 2.46. The van der Waals surface area contributed by atoms with Gasteiger partial charge < -0.3 is 57.7 Å². The number of rotatable bonds is 32. The zero-order chi connectivity index (χ0) is 45.6. The average Bonchev–Trinajstić information content (AvgIpc) is 3.32. The molecule has 2 heterocycles. The van der Waals surface area contributed by atoms with Crippen molar-refractivity contribution in [3.63, 3.8) is 0 Å². The van der Waals surface area contributed by atoms with E-state index in [0.29, 0.717) is 138 Å². The second-order valence-electron chi connectivity index (χ2n) is 16.4. The number of ether oxygens (including phenoxy) is 9. The molecular formula is C50H73N3O12. The van der Waals surface area contributed by atoms with Gasteiger partial charge in [0.05, 0.1) is 131 Å². The lowest BCUT2D eigenvalue weighted by Crippen LogP contribution is -2.46. The van der Waals surface area contributed by atoms with Gasteiger partial charge >= 0.3 is 0 Å². The maximum absolute atomic E-state index is 13.6. The Morgan fingerprint density at radius 2 is 1.03 bits per heavy atom. The van der Waals surface area contributed by atoms with Crippen molar-refractivity contribution in [2.45, 2.75) is 64.8 Å². The summed E-state index contributed by atoms with van der Waals surface area (Å²) >= 11 is 0. The summed E-state index contributed by atoms with van der Waals surface area (Å²) < 4.78 is 49.3. The first-order chi connectivity index (χ1) is 32.0. The second-order valence-corrected chi connectivity index (χ2v) is 16.4. The molecule has 3 aliphatic rings. The molecule has 2 aliphatic heterocycles. The van der Waals surface area contributed by atoms with E-state index in [-0.39, 0.29) is 35.5 Å². The minimum absolute atomic E-state index is 0.0339. The third kappa shape index (κ3) is 19.4. The van der Waals surface area contributed by atoms with Crippen LogP contribution in [-0.2, 0) is 63.6 Å². The largest absolute Gasteiger partial charge is 0.379 e. The van der Waals surface area contributed by atoms with Gasteiger partial charge in [-0.05, 0) is 74.6 Å². The minimum atomic E-state index is -0.0483. The molecule has 2 fully saturated rings. The zero-order valence-corrected chi connectivity index (χ0v) is 38.7. The van der Waals surface area contributed by atoms with Gasteiger partial charge in [-0.15, -0.1) is 0 Å². The van der Waals surface area contributed by atoms with Crippen molar-refractivity contribution in [3.8, 4) is 11.8 Å². The first-order valence-corrected chi connectivity index (χ1v) is 23.7. The lowest BCUT2D eigenvalue weighted by molar-refractivity contribution is -0.135. The molecule has 1 saturated heterocycles. The minimum Gasteiger partial charge on any atom is -0.379 e. The SMILES string of the molecule is CCOCCOCCOCCOCCOCCOCCOCCOCCOCCC(=O)N1CCC2(CCC(C(=O)NCCC(=O)N3Cc4ccccc4C#Cc4ccccc43)CC2)CC1. The van der Waals surface area contributed by atoms with E-state index < -0.39 is 0 Å². The van der Waals surface area contributed by atoms with E-state index in [2.05, 4.69) is 17.2 Å². The fourth-order valence-corrected chi connectivity index (χ4v) is 8.22. The number of fused-ring (bicyclic) bond motifs is 2. The maximum atomic E-state index is 13.6. The molecular weight excluding hydrogens is 835 g/mol. The Morgan fingerprint density at radius 1 is 0.569 bits per heavy atom. The number of piperidine rings is 1. The number of benzene rings is 2. The Hall–Kier alpha value is -3.95. The highest BCUT2D eigenvalue weighted by molar-refractivity contribution is 5.95. The molecule has 0 unspecified atom stereocenters. The fourth-order valence-electron chi connectivity index (χ4n) is 8.22. The number of hydrogen-bond donors (Lipinski definition) is 1. The van der Waals surface area contributed by atoms with Crippen LogP contribution in [0.15, 0.2) is 48.5 Å². The summed E-state index contributed by atoms with van der Waals surface area (Å²) in [4.78, 5) is 43.5. The summed E-state index contributed by atoms with van der Waals surface area (Å²) in [6.45, 7) is 13.3. The van der Waals surface area contributed by atoms with Gasteiger partial charge in [0.15, 0.2) is 0 Å². The van der Waals surface area contributed by atoms with Crippen LogP contribution in [0.2, 0.25) is 0 Å². The number of carbonyl (C=O) groups is 3. The molecule has 0 atom stereocenters. The third-order valence-electron chi connectivity index (χ3n) is 12.0. The first-order valence-electron chi connectivity index (χ1n) is 23.7. The van der Waals surface area contributed by atoms with Crippen LogP contribution in [-0.4, -0.2) is 161 Å². The molecule has 1 N–H and O–H groups in total. The molecule has 1 saturated carbocycles. The molecule has 1 aliphatic carbocycles. The Balaban J connectivity index is 0.793. The second kappa shape index (κ2) is 31.1. The van der Waals surface area contributed by atoms with Gasteiger partial charge in [0.1, 0.15) is 0 Å². The summed E-state index contributed by atoms with van der Waals surface area (Å²) in [6.07, 6.45) is 6.13. The maximum Gasteiger partial charge on any atom is 0.229 e. The van der Waals surface area contributed by atoms with Gasteiger partial charge in [0, 0.05) is 49.7 Å². The van der Waals surface area contributed by atoms with Gasteiger partial charge in [-0.25, -0.2) is 0 Å². The van der Waals surface area contributed by atoms with Crippen molar-refractivity contribution >= 4 is 23.4 Å². The van der Waals surface area contributed by atoms with Crippen LogP contribution in [0.1, 0.15) is 75.0 Å². The molecule has 360 valence electrons. The molecule has 15 heteroatoms. The Kier molecular flexibility index (Phi) is 24.9. The van der Waals surface area contributed by atoms with Crippen LogP contribution in [0.3, 0.4) is 0 Å². The van der Waals surface area contributed by atoms with Crippen LogP contribution in [0.4, 0.5) is 5.69 Å². The topological polar surface area (TPSA) is 153 Å². The number of para-hydroxylation sites is 1. The standard InChI is InChI=1S/C50H73N3O12/c1-2-57-25-26-59-29-30-61-33-34-63-37-38-65-40-39-64-36-35-62-32-31-60-28-27-58-24-16-47(54)52-22-19-50(20-23-52)17-13-44(14-18-50)49(56)51-21-15-48(55)53-41-45-9-4-3-7-42(45)11-12-43-8-5-6-10-46(43)53/h3-10,44H,2,13-41H2,1H3,(H,51,56). The van der Waals surface area contributed by atoms with E-state index in [4.69, 9.17) is 42.6 Å². The molecule has 65 heavy (non-hydrogen) atoms. The molecule has 5 rings (SSSR count). The van der Waals surface area contributed by atoms with Crippen LogP contribution in [0.5, 0.6) is 0 Å². The Morgan fingerprint density at radius 3 is 1.57 bits per heavy atom. The summed E-state index contributed by atoms with van der Waals surface area (Å²) in [5.41, 5.74) is 3.73. The predicted molar refractivity (Wildman–Crippen MR) is 246 cm³/mol. The number of nitrogens with one attached hydrogen (secondary N) is 1. The fraction of sp³-hybridized carbons (Fsp3) is 0.660. The van der Waals surface area contributed by atoms with Crippen molar-refractivity contribution in [2.24, 2.45) is 11.3 Å². The van der Waals surface area contributed by atoms with E-state index in [1.807, 2.05) is 60.4 Å².